The molecule has 1 N–H and O–H groups in total. The maximum Gasteiger partial charge on any atom is 0.437 e. The third kappa shape index (κ3) is 3.88. The van der Waals surface area contributed by atoms with Crippen LogP contribution < -0.4 is 0 Å². The summed E-state index contributed by atoms with van der Waals surface area (Å²) in [5, 5.41) is 9.77. The summed E-state index contributed by atoms with van der Waals surface area (Å²) in [6.07, 6.45) is 3.56. The molecule has 0 bridgehead atoms. The molecule has 5 rings (SSSR count). The van der Waals surface area contributed by atoms with E-state index in [0.717, 1.165) is 24.3 Å². The van der Waals surface area contributed by atoms with Crippen LogP contribution in [0.3, 0.4) is 0 Å². The van der Waals surface area contributed by atoms with Crippen LogP contribution in [-0.4, -0.2) is 29.9 Å². The molecule has 6 nitrogen and oxygen atoms in total. The van der Waals surface area contributed by atoms with Crippen LogP contribution in [-0.2, 0) is 19.1 Å². The van der Waals surface area contributed by atoms with Gasteiger partial charge in [0, 0.05) is 35.4 Å². The van der Waals surface area contributed by atoms with E-state index < -0.39 is 11.9 Å². The van der Waals surface area contributed by atoms with E-state index >= 15 is 0 Å². The van der Waals surface area contributed by atoms with Crippen LogP contribution in [0.2, 0.25) is 5.02 Å². The van der Waals surface area contributed by atoms with Gasteiger partial charge in [-0.3, -0.25) is 4.98 Å². The van der Waals surface area contributed by atoms with Gasteiger partial charge in [-0.25, -0.2) is 4.98 Å². The Morgan fingerprint density at radius 3 is 2.84 bits per heavy atom. The number of aromatic amines is 1. The molecule has 0 spiro atoms. The molecule has 0 aliphatic heterocycles. The van der Waals surface area contributed by atoms with Crippen LogP contribution >= 0.6 is 11.6 Å². The molecule has 1 aromatic carbocycles. The molecule has 10 heteroatoms. The highest BCUT2D eigenvalue weighted by Gasteiger charge is 2.38. The maximum atomic E-state index is 13.2. The Labute approximate surface area is 186 Å². The number of halogens is 4. The highest BCUT2D eigenvalue weighted by atomic mass is 35.5. The van der Waals surface area contributed by atoms with Crippen molar-refractivity contribution in [3.63, 3.8) is 0 Å². The average Bonchev–Trinajstić information content (AvgIpc) is 3.44. The third-order valence-corrected chi connectivity index (χ3v) is 6.06. The van der Waals surface area contributed by atoms with E-state index in [9.17, 15) is 13.2 Å². The lowest BCUT2D eigenvalue weighted by atomic mass is 9.82. The van der Waals surface area contributed by atoms with Crippen molar-refractivity contribution in [3.05, 3.63) is 70.9 Å². The molecule has 164 valence electrons. The van der Waals surface area contributed by atoms with Crippen molar-refractivity contribution in [3.8, 4) is 22.6 Å². The summed E-state index contributed by atoms with van der Waals surface area (Å²) in [5.41, 5.74) is 2.44. The van der Waals surface area contributed by atoms with Gasteiger partial charge < -0.3 is 4.57 Å². The number of rotatable bonds is 4. The fourth-order valence-electron chi connectivity index (χ4n) is 4.32. The minimum atomic E-state index is -4.61. The molecule has 1 atom stereocenters. The first-order chi connectivity index (χ1) is 15.4. The summed E-state index contributed by atoms with van der Waals surface area (Å²) in [6.45, 7) is 0.713. The first-order valence-corrected chi connectivity index (χ1v) is 10.5. The number of hydrogen-bond donors (Lipinski definition) is 1. The van der Waals surface area contributed by atoms with Crippen LogP contribution in [0.15, 0.2) is 49.1 Å². The zero-order chi connectivity index (χ0) is 22.3. The molecule has 4 aromatic rings. The van der Waals surface area contributed by atoms with Crippen molar-refractivity contribution in [1.82, 2.24) is 29.9 Å². The van der Waals surface area contributed by atoms with Crippen LogP contribution in [0.25, 0.3) is 22.6 Å². The number of imidazole rings is 1. The van der Waals surface area contributed by atoms with Crippen molar-refractivity contribution in [2.75, 3.05) is 0 Å². The van der Waals surface area contributed by atoms with E-state index in [1.165, 1.54) is 29.5 Å². The van der Waals surface area contributed by atoms with Crippen molar-refractivity contribution in [2.45, 2.75) is 37.9 Å². The van der Waals surface area contributed by atoms with Crippen molar-refractivity contribution < 1.29 is 13.2 Å². The number of nitrogens with zero attached hydrogens (tertiary/aromatic N) is 5. The number of aromatic nitrogens is 6. The molecule has 3 aromatic heterocycles. The van der Waals surface area contributed by atoms with Crippen LogP contribution in [0.4, 0.5) is 13.2 Å². The Hall–Kier alpha value is -3.20. The number of nitrogens with one attached hydrogen (secondary N) is 1. The fraction of sp³-hybridized carbons (Fsp3) is 0.273. The van der Waals surface area contributed by atoms with Gasteiger partial charge >= 0.3 is 6.18 Å². The summed E-state index contributed by atoms with van der Waals surface area (Å²) in [5.74, 6) is 0.276. The van der Waals surface area contributed by atoms with Crippen LogP contribution in [0.1, 0.15) is 35.6 Å². The van der Waals surface area contributed by atoms with E-state index in [1.54, 1.807) is 6.33 Å². The van der Waals surface area contributed by atoms with Gasteiger partial charge in [0.2, 0.25) is 0 Å². The highest BCUT2D eigenvalue weighted by molar-refractivity contribution is 6.31. The Kier molecular flexibility index (Phi) is 5.21. The topological polar surface area (TPSA) is 72.3 Å². The smallest absolute Gasteiger partial charge is 0.336 e. The van der Waals surface area contributed by atoms with Crippen molar-refractivity contribution >= 4 is 11.6 Å². The van der Waals surface area contributed by atoms with Gasteiger partial charge in [0.1, 0.15) is 11.4 Å². The number of fused-ring (bicyclic) bond motifs is 1. The molecule has 0 amide bonds. The number of benzene rings is 1. The van der Waals surface area contributed by atoms with Gasteiger partial charge in [-0.05, 0) is 48.6 Å². The maximum absolute atomic E-state index is 13.2. The van der Waals surface area contributed by atoms with Crippen LogP contribution in [0, 0.1) is 0 Å². The summed E-state index contributed by atoms with van der Waals surface area (Å²) in [7, 11) is 0. The largest absolute Gasteiger partial charge is 0.437 e. The lowest BCUT2D eigenvalue weighted by molar-refractivity contribution is -0.140. The van der Waals surface area contributed by atoms with E-state index in [-0.39, 0.29) is 17.2 Å². The predicted molar refractivity (Wildman–Crippen MR) is 113 cm³/mol. The molecule has 3 heterocycles. The Bertz CT molecular complexity index is 1260. The quantitative estimate of drug-likeness (QED) is 0.437. The summed E-state index contributed by atoms with van der Waals surface area (Å²) >= 11 is 6.49. The van der Waals surface area contributed by atoms with Gasteiger partial charge in [0.15, 0.2) is 5.69 Å². The Balaban J connectivity index is 1.41. The molecular formula is C22H18ClF3N6. The number of pyridine rings is 1. The van der Waals surface area contributed by atoms with E-state index in [2.05, 4.69) is 31.4 Å². The van der Waals surface area contributed by atoms with Gasteiger partial charge in [0.25, 0.3) is 0 Å². The second-order valence-corrected chi connectivity index (χ2v) is 8.21. The molecular weight excluding hydrogens is 441 g/mol. The number of hydrogen-bond acceptors (Lipinski definition) is 4. The molecule has 0 saturated heterocycles. The first kappa shape index (κ1) is 20.7. The van der Waals surface area contributed by atoms with Gasteiger partial charge in [0.05, 0.1) is 12.0 Å². The summed E-state index contributed by atoms with van der Waals surface area (Å²) < 4.78 is 41.5. The highest BCUT2D eigenvalue weighted by Crippen LogP contribution is 2.38. The first-order valence-electron chi connectivity index (χ1n) is 10.1. The van der Waals surface area contributed by atoms with Crippen LogP contribution in [0.5, 0.6) is 0 Å². The standard InChI is InChI=1S/C22H18ClF3N6/c23-16-6-2-4-13-3-1-5-15(19(13)16)10-32-11-18(28-12-32)17-9-14(7-8-27-17)20-21(22(24,25)26)30-31-29-20/h2,4,6-9,11-12,15H,1,3,5,10H2,(H,29,30,31)/t15-/m1/s1. The minimum absolute atomic E-state index is 0.263. The monoisotopic (exact) mass is 458 g/mol. The Morgan fingerprint density at radius 2 is 2.00 bits per heavy atom. The minimum Gasteiger partial charge on any atom is -0.336 e. The van der Waals surface area contributed by atoms with E-state index in [4.69, 9.17) is 11.6 Å². The average molecular weight is 459 g/mol. The third-order valence-electron chi connectivity index (χ3n) is 5.73. The molecule has 0 radical (unpaired) electrons. The molecule has 0 saturated carbocycles. The molecule has 1 aliphatic carbocycles. The zero-order valence-corrected chi connectivity index (χ0v) is 17.5. The lowest BCUT2D eigenvalue weighted by Gasteiger charge is -2.26. The predicted octanol–water partition coefficient (Wildman–Crippen LogP) is 5.52. The summed E-state index contributed by atoms with van der Waals surface area (Å²) in [6, 6.07) is 9.03. The number of aryl methyl sites for hydroxylation is 1. The normalized spacial score (nSPS) is 16.2. The number of alkyl halides is 3. The van der Waals surface area contributed by atoms with E-state index in [1.807, 2.05) is 22.9 Å². The summed E-state index contributed by atoms with van der Waals surface area (Å²) in [4.78, 5) is 8.71. The van der Waals surface area contributed by atoms with Gasteiger partial charge in [-0.1, -0.05) is 23.7 Å². The lowest BCUT2D eigenvalue weighted by Crippen LogP contribution is -2.15. The second-order valence-electron chi connectivity index (χ2n) is 7.81. The fourth-order valence-corrected chi connectivity index (χ4v) is 4.67. The molecule has 1 aliphatic rings. The van der Waals surface area contributed by atoms with Crippen molar-refractivity contribution in [2.24, 2.45) is 0 Å². The molecule has 0 unspecified atom stereocenters. The second kappa shape index (κ2) is 8.05. The van der Waals surface area contributed by atoms with Gasteiger partial charge in [-0.2, -0.15) is 28.6 Å². The SMILES string of the molecule is FC(F)(F)c1n[nH]nc1-c1ccnc(-c2cn(C[C@H]3CCCc4cccc(Cl)c43)cn2)c1. The van der Waals surface area contributed by atoms with Gasteiger partial charge in [-0.15, -0.1) is 0 Å². The molecule has 32 heavy (non-hydrogen) atoms. The van der Waals surface area contributed by atoms with Crippen molar-refractivity contribution in [1.29, 1.82) is 0 Å². The Morgan fingerprint density at radius 1 is 1.12 bits per heavy atom. The van der Waals surface area contributed by atoms with E-state index in [0.29, 0.717) is 17.9 Å². The zero-order valence-electron chi connectivity index (χ0n) is 16.8. The number of H-pyrrole nitrogens is 1. The molecule has 0 fully saturated rings.